The first-order chi connectivity index (χ1) is 9.59. The van der Waals surface area contributed by atoms with Crippen LogP contribution in [0, 0.1) is 13.8 Å². The number of nitrogens with zero attached hydrogens (tertiary/aromatic N) is 4. The molecule has 0 aliphatic carbocycles. The molecule has 106 valence electrons. The van der Waals surface area contributed by atoms with Gasteiger partial charge in [-0.1, -0.05) is 0 Å². The maximum absolute atomic E-state index is 11.3. The Hall–Kier alpha value is -2.44. The van der Waals surface area contributed by atoms with E-state index in [4.69, 9.17) is 0 Å². The van der Waals surface area contributed by atoms with Gasteiger partial charge in [0, 0.05) is 25.5 Å². The first kappa shape index (κ1) is 14.0. The topological polar surface area (TPSA) is 92.9 Å². The number of hydrogen-bond acceptors (Lipinski definition) is 5. The van der Waals surface area contributed by atoms with Crippen molar-refractivity contribution < 1.29 is 9.90 Å². The molecule has 0 aliphatic rings. The number of rotatable bonds is 6. The van der Waals surface area contributed by atoms with E-state index < -0.39 is 5.97 Å². The second-order valence-corrected chi connectivity index (χ2v) is 4.52. The van der Waals surface area contributed by atoms with E-state index in [0.717, 1.165) is 13.0 Å². The Morgan fingerprint density at radius 1 is 1.40 bits per heavy atom. The van der Waals surface area contributed by atoms with E-state index in [2.05, 4.69) is 20.5 Å². The van der Waals surface area contributed by atoms with Crippen molar-refractivity contribution >= 4 is 11.8 Å². The summed E-state index contributed by atoms with van der Waals surface area (Å²) < 4.78 is 1.96. The number of imidazole rings is 1. The molecule has 0 spiro atoms. The van der Waals surface area contributed by atoms with Crippen LogP contribution in [0.1, 0.15) is 28.0 Å². The number of aromatic nitrogens is 4. The molecule has 2 N–H and O–H groups in total. The molecule has 7 nitrogen and oxygen atoms in total. The number of nitrogens with one attached hydrogen (secondary N) is 1. The minimum Gasteiger partial charge on any atom is -0.478 e. The molecule has 0 saturated heterocycles. The first-order valence-corrected chi connectivity index (χ1v) is 6.36. The Balaban J connectivity index is 1.99. The van der Waals surface area contributed by atoms with Gasteiger partial charge in [-0.25, -0.2) is 9.78 Å². The van der Waals surface area contributed by atoms with Crippen molar-refractivity contribution in [2.75, 3.05) is 11.9 Å². The number of anilines is 1. The van der Waals surface area contributed by atoms with Gasteiger partial charge in [-0.15, -0.1) is 5.10 Å². The molecule has 2 aromatic rings. The fourth-order valence-corrected chi connectivity index (χ4v) is 1.88. The molecule has 2 aromatic heterocycles. The van der Waals surface area contributed by atoms with Crippen molar-refractivity contribution in [2.24, 2.45) is 0 Å². The first-order valence-electron chi connectivity index (χ1n) is 6.36. The fraction of sp³-hybridized carbons (Fsp3) is 0.385. The van der Waals surface area contributed by atoms with E-state index in [0.29, 0.717) is 23.6 Å². The summed E-state index contributed by atoms with van der Waals surface area (Å²) in [6.45, 7) is 4.92. The molecule has 0 radical (unpaired) electrons. The number of carboxylic acid groups (broad SMARTS) is 1. The molecule has 0 unspecified atom stereocenters. The quantitative estimate of drug-likeness (QED) is 0.776. The molecule has 0 atom stereocenters. The fourth-order valence-electron chi connectivity index (χ4n) is 1.88. The Kier molecular flexibility index (Phi) is 4.29. The maximum atomic E-state index is 11.3. The van der Waals surface area contributed by atoms with Crippen molar-refractivity contribution in [3.05, 3.63) is 35.5 Å². The summed E-state index contributed by atoms with van der Waals surface area (Å²) in [4.78, 5) is 15.3. The number of aryl methyl sites for hydroxylation is 2. The monoisotopic (exact) mass is 275 g/mol. The zero-order valence-electron chi connectivity index (χ0n) is 11.5. The summed E-state index contributed by atoms with van der Waals surface area (Å²) in [7, 11) is 0. The van der Waals surface area contributed by atoms with Crippen LogP contribution in [-0.4, -0.2) is 37.4 Å². The molecule has 2 rings (SSSR count). The molecule has 0 amide bonds. The Labute approximate surface area is 116 Å². The van der Waals surface area contributed by atoms with Gasteiger partial charge in [-0.05, 0) is 25.8 Å². The highest BCUT2D eigenvalue weighted by molar-refractivity contribution is 5.94. The van der Waals surface area contributed by atoms with E-state index in [9.17, 15) is 9.90 Å². The summed E-state index contributed by atoms with van der Waals surface area (Å²) in [6, 6.07) is 0. The van der Waals surface area contributed by atoms with Gasteiger partial charge < -0.3 is 15.0 Å². The van der Waals surface area contributed by atoms with Crippen molar-refractivity contribution in [3.63, 3.8) is 0 Å². The molecular formula is C13H17N5O2. The van der Waals surface area contributed by atoms with Gasteiger partial charge in [0.15, 0.2) is 5.82 Å². The molecule has 0 aliphatic heterocycles. The lowest BCUT2D eigenvalue weighted by molar-refractivity contribution is 0.0696. The van der Waals surface area contributed by atoms with Gasteiger partial charge in [0.2, 0.25) is 0 Å². The summed E-state index contributed by atoms with van der Waals surface area (Å²) in [5.74, 6) is -0.663. The highest BCUT2D eigenvalue weighted by Crippen LogP contribution is 2.18. The van der Waals surface area contributed by atoms with Crippen LogP contribution in [0.4, 0.5) is 5.82 Å². The third-order valence-electron chi connectivity index (χ3n) is 3.11. The molecule has 2 heterocycles. The smallest absolute Gasteiger partial charge is 0.339 e. The van der Waals surface area contributed by atoms with Gasteiger partial charge >= 0.3 is 5.97 Å². The predicted molar refractivity (Wildman–Crippen MR) is 73.8 cm³/mol. The number of hydrogen-bond donors (Lipinski definition) is 2. The standard InChI is InChI=1S/C13H17N5O2/c1-9-10(2)16-17-12(11(9)13(19)20)15-4-3-6-18-7-5-14-8-18/h5,7-8H,3-4,6H2,1-2H3,(H,15,17)(H,19,20). The number of carboxylic acids is 1. The van der Waals surface area contributed by atoms with E-state index in [1.807, 2.05) is 10.8 Å². The van der Waals surface area contributed by atoms with E-state index in [1.165, 1.54) is 0 Å². The highest BCUT2D eigenvalue weighted by atomic mass is 16.4. The minimum absolute atomic E-state index is 0.195. The van der Waals surface area contributed by atoms with Crippen LogP contribution in [0.5, 0.6) is 0 Å². The van der Waals surface area contributed by atoms with Gasteiger partial charge in [-0.3, -0.25) is 0 Å². The number of aromatic carboxylic acids is 1. The van der Waals surface area contributed by atoms with E-state index in [-0.39, 0.29) is 5.56 Å². The molecule has 20 heavy (non-hydrogen) atoms. The molecule has 0 saturated carbocycles. The van der Waals surface area contributed by atoms with Crippen LogP contribution in [-0.2, 0) is 6.54 Å². The summed E-state index contributed by atoms with van der Waals surface area (Å²) in [6.07, 6.45) is 6.20. The lowest BCUT2D eigenvalue weighted by Crippen LogP contribution is -2.14. The van der Waals surface area contributed by atoms with Gasteiger partial charge in [0.1, 0.15) is 5.56 Å². The van der Waals surface area contributed by atoms with Gasteiger partial charge in [0.25, 0.3) is 0 Å². The lowest BCUT2D eigenvalue weighted by atomic mass is 10.1. The average Bonchev–Trinajstić information content (AvgIpc) is 2.91. The molecule has 0 bridgehead atoms. The third kappa shape index (κ3) is 3.11. The maximum Gasteiger partial charge on any atom is 0.339 e. The van der Waals surface area contributed by atoms with Crippen LogP contribution < -0.4 is 5.32 Å². The van der Waals surface area contributed by atoms with Crippen LogP contribution in [0.3, 0.4) is 0 Å². The minimum atomic E-state index is -0.988. The van der Waals surface area contributed by atoms with E-state index >= 15 is 0 Å². The Morgan fingerprint density at radius 3 is 2.85 bits per heavy atom. The zero-order valence-corrected chi connectivity index (χ0v) is 11.5. The summed E-state index contributed by atoms with van der Waals surface area (Å²) >= 11 is 0. The zero-order chi connectivity index (χ0) is 14.5. The lowest BCUT2D eigenvalue weighted by Gasteiger charge is -2.11. The summed E-state index contributed by atoms with van der Waals surface area (Å²) in [5, 5.41) is 20.2. The summed E-state index contributed by atoms with van der Waals surface area (Å²) in [5.41, 5.74) is 1.47. The highest BCUT2D eigenvalue weighted by Gasteiger charge is 2.17. The Bertz CT molecular complexity index is 595. The predicted octanol–water partition coefficient (Wildman–Crippen LogP) is 1.49. The van der Waals surface area contributed by atoms with Crippen molar-refractivity contribution in [1.29, 1.82) is 0 Å². The van der Waals surface area contributed by atoms with Crippen LogP contribution in [0.15, 0.2) is 18.7 Å². The normalized spacial score (nSPS) is 10.5. The van der Waals surface area contributed by atoms with Gasteiger partial charge in [-0.2, -0.15) is 5.10 Å². The Morgan fingerprint density at radius 2 is 2.20 bits per heavy atom. The van der Waals surface area contributed by atoms with Gasteiger partial charge in [0.05, 0.1) is 12.0 Å². The average molecular weight is 275 g/mol. The second-order valence-electron chi connectivity index (χ2n) is 4.52. The van der Waals surface area contributed by atoms with Crippen LogP contribution >= 0.6 is 0 Å². The van der Waals surface area contributed by atoms with Crippen LogP contribution in [0.2, 0.25) is 0 Å². The van der Waals surface area contributed by atoms with E-state index in [1.54, 1.807) is 26.4 Å². The second kappa shape index (κ2) is 6.14. The molecule has 0 fully saturated rings. The van der Waals surface area contributed by atoms with Crippen LogP contribution in [0.25, 0.3) is 0 Å². The van der Waals surface area contributed by atoms with Crippen molar-refractivity contribution in [2.45, 2.75) is 26.8 Å². The molecule has 7 heteroatoms. The van der Waals surface area contributed by atoms with Crippen molar-refractivity contribution in [1.82, 2.24) is 19.7 Å². The van der Waals surface area contributed by atoms with Crippen molar-refractivity contribution in [3.8, 4) is 0 Å². The SMILES string of the molecule is Cc1nnc(NCCCn2ccnc2)c(C(=O)O)c1C. The molecule has 0 aromatic carbocycles. The number of carbonyl (C=O) groups is 1. The third-order valence-corrected chi connectivity index (χ3v) is 3.11. The molecular weight excluding hydrogens is 258 g/mol. The largest absolute Gasteiger partial charge is 0.478 e.